The molecular formula is C13H18N2O. The standard InChI is InChI=1S/C13H18N2O/c14-12-6-1-3-9-7-11(8-16-13(9)12)15-10-4-2-5-10/h1,3,6,10-11,15H,2,4-5,7-8,14H2. The third-order valence-electron chi connectivity index (χ3n) is 3.60. The molecular weight excluding hydrogens is 200 g/mol. The van der Waals surface area contributed by atoms with Gasteiger partial charge in [0.05, 0.1) is 5.69 Å². The minimum absolute atomic E-state index is 0.458. The highest BCUT2D eigenvalue weighted by Gasteiger charge is 2.25. The number of para-hydroxylation sites is 1. The average molecular weight is 218 g/mol. The van der Waals surface area contributed by atoms with Crippen LogP contribution in [0.2, 0.25) is 0 Å². The number of fused-ring (bicyclic) bond motifs is 1. The van der Waals surface area contributed by atoms with Crippen LogP contribution in [0.3, 0.4) is 0 Å². The first kappa shape index (κ1) is 9.97. The van der Waals surface area contributed by atoms with E-state index < -0.39 is 0 Å². The number of nitrogen functional groups attached to an aromatic ring is 1. The molecule has 2 aliphatic rings. The maximum Gasteiger partial charge on any atom is 0.145 e. The lowest BCUT2D eigenvalue weighted by atomic mass is 9.91. The number of anilines is 1. The molecule has 3 rings (SSSR count). The number of hydrogen-bond acceptors (Lipinski definition) is 3. The fourth-order valence-corrected chi connectivity index (χ4v) is 2.47. The van der Waals surface area contributed by atoms with Gasteiger partial charge in [0.1, 0.15) is 12.4 Å². The molecule has 3 heteroatoms. The van der Waals surface area contributed by atoms with Gasteiger partial charge >= 0.3 is 0 Å². The Bertz CT molecular complexity index is 388. The molecule has 0 amide bonds. The Morgan fingerprint density at radius 2 is 2.12 bits per heavy atom. The number of nitrogens with two attached hydrogens (primary N) is 1. The van der Waals surface area contributed by atoms with Crippen molar-refractivity contribution in [2.75, 3.05) is 12.3 Å². The summed E-state index contributed by atoms with van der Waals surface area (Å²) >= 11 is 0. The van der Waals surface area contributed by atoms with E-state index >= 15 is 0 Å². The van der Waals surface area contributed by atoms with Gasteiger partial charge in [-0.05, 0) is 30.9 Å². The van der Waals surface area contributed by atoms with Crippen LogP contribution in [0, 0.1) is 0 Å². The Morgan fingerprint density at radius 3 is 2.88 bits per heavy atom. The zero-order valence-electron chi connectivity index (χ0n) is 9.41. The van der Waals surface area contributed by atoms with Crippen molar-refractivity contribution in [3.05, 3.63) is 23.8 Å². The summed E-state index contributed by atoms with van der Waals surface area (Å²) in [5.41, 5.74) is 7.88. The van der Waals surface area contributed by atoms with Gasteiger partial charge in [-0.15, -0.1) is 0 Å². The van der Waals surface area contributed by atoms with Crippen molar-refractivity contribution in [2.24, 2.45) is 0 Å². The van der Waals surface area contributed by atoms with Crippen molar-refractivity contribution in [3.63, 3.8) is 0 Å². The van der Waals surface area contributed by atoms with Crippen LogP contribution in [0.4, 0.5) is 5.69 Å². The van der Waals surface area contributed by atoms with E-state index in [1.54, 1.807) is 0 Å². The minimum Gasteiger partial charge on any atom is -0.490 e. The van der Waals surface area contributed by atoms with E-state index in [2.05, 4.69) is 11.4 Å². The molecule has 1 heterocycles. The number of ether oxygens (including phenoxy) is 1. The van der Waals surface area contributed by atoms with Gasteiger partial charge in [-0.25, -0.2) is 0 Å². The first-order valence-corrected chi connectivity index (χ1v) is 6.09. The van der Waals surface area contributed by atoms with Crippen LogP contribution >= 0.6 is 0 Å². The summed E-state index contributed by atoms with van der Waals surface area (Å²) < 4.78 is 5.75. The summed E-state index contributed by atoms with van der Waals surface area (Å²) in [5, 5.41) is 3.65. The van der Waals surface area contributed by atoms with Crippen molar-refractivity contribution in [2.45, 2.75) is 37.8 Å². The van der Waals surface area contributed by atoms with Crippen molar-refractivity contribution >= 4 is 5.69 Å². The summed E-state index contributed by atoms with van der Waals surface area (Å²) in [4.78, 5) is 0. The van der Waals surface area contributed by atoms with Crippen LogP contribution in [-0.2, 0) is 6.42 Å². The van der Waals surface area contributed by atoms with Crippen molar-refractivity contribution in [3.8, 4) is 5.75 Å². The molecule has 3 nitrogen and oxygen atoms in total. The predicted octanol–water partition coefficient (Wildman–Crippen LogP) is 1.71. The van der Waals surface area contributed by atoms with E-state index in [-0.39, 0.29) is 0 Å². The van der Waals surface area contributed by atoms with Crippen LogP contribution in [0.5, 0.6) is 5.75 Å². The van der Waals surface area contributed by atoms with Crippen molar-refractivity contribution < 1.29 is 4.74 Å². The summed E-state index contributed by atoms with van der Waals surface area (Å²) in [7, 11) is 0. The van der Waals surface area contributed by atoms with Gasteiger partial charge in [-0.1, -0.05) is 18.6 Å². The van der Waals surface area contributed by atoms with Gasteiger partial charge in [-0.3, -0.25) is 0 Å². The molecule has 0 radical (unpaired) electrons. The second kappa shape index (κ2) is 3.98. The highest BCUT2D eigenvalue weighted by Crippen LogP contribution is 2.31. The molecule has 1 aromatic rings. The Hall–Kier alpha value is -1.22. The highest BCUT2D eigenvalue weighted by molar-refractivity contribution is 5.57. The summed E-state index contributed by atoms with van der Waals surface area (Å²) in [5.74, 6) is 0.897. The van der Waals surface area contributed by atoms with Crippen molar-refractivity contribution in [1.29, 1.82) is 0 Å². The molecule has 0 bridgehead atoms. The molecule has 1 saturated carbocycles. The predicted molar refractivity (Wildman–Crippen MR) is 64.6 cm³/mol. The second-order valence-electron chi connectivity index (χ2n) is 4.84. The molecule has 1 fully saturated rings. The molecule has 86 valence electrons. The Morgan fingerprint density at radius 1 is 1.25 bits per heavy atom. The monoisotopic (exact) mass is 218 g/mol. The lowest BCUT2D eigenvalue weighted by Gasteiger charge is -2.34. The average Bonchev–Trinajstić information content (AvgIpc) is 2.24. The van der Waals surface area contributed by atoms with Crippen LogP contribution < -0.4 is 15.8 Å². The van der Waals surface area contributed by atoms with Crippen LogP contribution in [0.1, 0.15) is 24.8 Å². The minimum atomic E-state index is 0.458. The maximum atomic E-state index is 5.88. The fraction of sp³-hybridized carbons (Fsp3) is 0.538. The zero-order chi connectivity index (χ0) is 11.0. The van der Waals surface area contributed by atoms with Gasteiger partial charge in [0, 0.05) is 12.1 Å². The molecule has 1 unspecified atom stereocenters. The summed E-state index contributed by atoms with van der Waals surface area (Å²) in [6, 6.07) is 7.19. The van der Waals surface area contributed by atoms with E-state index in [4.69, 9.17) is 10.5 Å². The topological polar surface area (TPSA) is 47.3 Å². The largest absolute Gasteiger partial charge is 0.490 e. The molecule has 16 heavy (non-hydrogen) atoms. The Labute approximate surface area is 96.0 Å². The molecule has 0 saturated heterocycles. The third kappa shape index (κ3) is 1.76. The second-order valence-corrected chi connectivity index (χ2v) is 4.84. The zero-order valence-corrected chi connectivity index (χ0v) is 9.41. The van der Waals surface area contributed by atoms with E-state index in [0.717, 1.165) is 30.5 Å². The molecule has 1 aliphatic heterocycles. The van der Waals surface area contributed by atoms with Gasteiger partial charge in [0.25, 0.3) is 0 Å². The lowest BCUT2D eigenvalue weighted by Crippen LogP contribution is -2.47. The third-order valence-corrected chi connectivity index (χ3v) is 3.60. The van der Waals surface area contributed by atoms with Crippen molar-refractivity contribution in [1.82, 2.24) is 5.32 Å². The Balaban J connectivity index is 1.70. The first-order chi connectivity index (χ1) is 7.83. The number of hydrogen-bond donors (Lipinski definition) is 2. The molecule has 0 aromatic heterocycles. The van der Waals surface area contributed by atoms with E-state index in [1.807, 2.05) is 12.1 Å². The highest BCUT2D eigenvalue weighted by atomic mass is 16.5. The normalized spacial score (nSPS) is 24.4. The fourth-order valence-electron chi connectivity index (χ4n) is 2.47. The van der Waals surface area contributed by atoms with Gasteiger partial charge in [-0.2, -0.15) is 0 Å². The van der Waals surface area contributed by atoms with Gasteiger partial charge in [0.2, 0.25) is 0 Å². The Kier molecular flexibility index (Phi) is 2.48. The van der Waals surface area contributed by atoms with Gasteiger partial charge < -0.3 is 15.8 Å². The molecule has 3 N–H and O–H groups in total. The smallest absolute Gasteiger partial charge is 0.145 e. The lowest BCUT2D eigenvalue weighted by molar-refractivity contribution is 0.205. The molecule has 1 aliphatic carbocycles. The molecule has 1 aromatic carbocycles. The van der Waals surface area contributed by atoms with Crippen LogP contribution in [-0.4, -0.2) is 18.7 Å². The number of rotatable bonds is 2. The number of nitrogens with one attached hydrogen (secondary N) is 1. The van der Waals surface area contributed by atoms with Crippen LogP contribution in [0.25, 0.3) is 0 Å². The summed E-state index contributed by atoms with van der Waals surface area (Å²) in [6.45, 7) is 0.748. The van der Waals surface area contributed by atoms with E-state index in [9.17, 15) is 0 Å². The molecule has 1 atom stereocenters. The van der Waals surface area contributed by atoms with E-state index in [0.29, 0.717) is 6.04 Å². The maximum absolute atomic E-state index is 5.88. The van der Waals surface area contributed by atoms with E-state index in [1.165, 1.54) is 24.8 Å². The molecule has 0 spiro atoms. The summed E-state index contributed by atoms with van der Waals surface area (Å²) in [6.07, 6.45) is 5.05. The SMILES string of the molecule is Nc1cccc2c1OCC(NC1CCC1)C2. The van der Waals surface area contributed by atoms with Gasteiger partial charge in [0.15, 0.2) is 0 Å². The quantitative estimate of drug-likeness (QED) is 0.743. The first-order valence-electron chi connectivity index (χ1n) is 6.09. The number of benzene rings is 1. The van der Waals surface area contributed by atoms with Crippen LogP contribution in [0.15, 0.2) is 18.2 Å².